The van der Waals surface area contributed by atoms with E-state index in [1.54, 1.807) is 12.5 Å². The lowest BCUT2D eigenvalue weighted by molar-refractivity contribution is -0.134. The zero-order valence-electron chi connectivity index (χ0n) is 20.8. The standard InChI is InChI=1S/C29H36N4O2/c1-22-16-18-32(19-17-22)29(35)28(25-14-8-6-10-23(25)2)33-20-26(30-21-33)31-27(34)15-9-7-13-24-11-4-3-5-12-24/h3-6,8,10-12,14,20-22,28H,7,9,13,15-19H2,1-2H3,(H,31,34). The number of benzene rings is 2. The molecule has 184 valence electrons. The summed E-state index contributed by atoms with van der Waals surface area (Å²) in [4.78, 5) is 32.6. The minimum Gasteiger partial charge on any atom is -0.341 e. The van der Waals surface area contributed by atoms with Gasteiger partial charge in [0.15, 0.2) is 5.82 Å². The van der Waals surface area contributed by atoms with Crippen LogP contribution in [0.25, 0.3) is 0 Å². The molecule has 1 aliphatic heterocycles. The molecule has 2 heterocycles. The second-order valence-corrected chi connectivity index (χ2v) is 9.71. The van der Waals surface area contributed by atoms with Crippen molar-refractivity contribution in [3.05, 3.63) is 83.8 Å². The Kier molecular flexibility index (Phi) is 8.35. The van der Waals surface area contributed by atoms with Crippen LogP contribution in [0.1, 0.15) is 61.8 Å². The number of hydrogen-bond acceptors (Lipinski definition) is 3. The average molecular weight is 473 g/mol. The molecule has 1 N–H and O–H groups in total. The van der Waals surface area contributed by atoms with Crippen LogP contribution >= 0.6 is 0 Å². The summed E-state index contributed by atoms with van der Waals surface area (Å²) in [5.74, 6) is 1.17. The number of hydrogen-bond donors (Lipinski definition) is 1. The smallest absolute Gasteiger partial charge is 0.250 e. The molecule has 3 aromatic rings. The zero-order valence-corrected chi connectivity index (χ0v) is 20.8. The normalized spacial score (nSPS) is 15.1. The number of carbonyl (C=O) groups is 2. The van der Waals surface area contributed by atoms with Crippen molar-refractivity contribution in [2.24, 2.45) is 5.92 Å². The molecule has 1 atom stereocenters. The summed E-state index contributed by atoms with van der Waals surface area (Å²) < 4.78 is 1.84. The van der Waals surface area contributed by atoms with Gasteiger partial charge in [-0.2, -0.15) is 0 Å². The van der Waals surface area contributed by atoms with Gasteiger partial charge in [-0.15, -0.1) is 0 Å². The predicted octanol–water partition coefficient (Wildman–Crippen LogP) is 5.39. The van der Waals surface area contributed by atoms with Gasteiger partial charge in [-0.05, 0) is 61.6 Å². The third-order valence-corrected chi connectivity index (χ3v) is 6.94. The molecule has 35 heavy (non-hydrogen) atoms. The number of carbonyl (C=O) groups excluding carboxylic acids is 2. The zero-order chi connectivity index (χ0) is 24.6. The number of imidazole rings is 1. The lowest BCUT2D eigenvalue weighted by Gasteiger charge is -2.33. The first kappa shape index (κ1) is 24.7. The highest BCUT2D eigenvalue weighted by molar-refractivity contribution is 5.89. The summed E-state index contributed by atoms with van der Waals surface area (Å²) in [6.07, 6.45) is 8.70. The molecule has 1 unspecified atom stereocenters. The highest BCUT2D eigenvalue weighted by Crippen LogP contribution is 2.27. The van der Waals surface area contributed by atoms with E-state index >= 15 is 0 Å². The number of nitrogens with one attached hydrogen (secondary N) is 1. The van der Waals surface area contributed by atoms with E-state index in [0.717, 1.165) is 56.3 Å². The highest BCUT2D eigenvalue weighted by Gasteiger charge is 2.30. The summed E-state index contributed by atoms with van der Waals surface area (Å²) in [6, 6.07) is 17.8. The molecular formula is C29H36N4O2. The Hall–Kier alpha value is -3.41. The summed E-state index contributed by atoms with van der Waals surface area (Å²) in [6.45, 7) is 5.84. The Balaban J connectivity index is 1.40. The molecule has 0 saturated carbocycles. The highest BCUT2D eigenvalue weighted by atomic mass is 16.2. The first-order valence-corrected chi connectivity index (χ1v) is 12.7. The molecule has 2 amide bonds. The number of rotatable bonds is 9. The average Bonchev–Trinajstić information content (AvgIpc) is 3.32. The van der Waals surface area contributed by atoms with Crippen LogP contribution < -0.4 is 5.32 Å². The van der Waals surface area contributed by atoms with Crippen molar-refractivity contribution in [1.82, 2.24) is 14.5 Å². The SMILES string of the molecule is Cc1ccccc1C(C(=O)N1CCC(C)CC1)n1cnc(NC(=O)CCCCc2ccccc2)c1. The van der Waals surface area contributed by atoms with Crippen LogP contribution in [0.5, 0.6) is 0 Å². The van der Waals surface area contributed by atoms with Crippen molar-refractivity contribution < 1.29 is 9.59 Å². The number of piperidine rings is 1. The molecule has 6 nitrogen and oxygen atoms in total. The molecule has 1 aromatic heterocycles. The Morgan fingerprint density at radius 1 is 1.03 bits per heavy atom. The third kappa shape index (κ3) is 6.59. The molecule has 0 radical (unpaired) electrons. The van der Waals surface area contributed by atoms with E-state index in [2.05, 4.69) is 29.4 Å². The van der Waals surface area contributed by atoms with E-state index < -0.39 is 6.04 Å². The van der Waals surface area contributed by atoms with Crippen LogP contribution in [0, 0.1) is 12.8 Å². The lowest BCUT2D eigenvalue weighted by atomic mass is 9.96. The first-order chi connectivity index (χ1) is 17.0. The fourth-order valence-electron chi connectivity index (χ4n) is 4.72. The number of anilines is 1. The van der Waals surface area contributed by atoms with Gasteiger partial charge in [0.2, 0.25) is 11.8 Å². The van der Waals surface area contributed by atoms with Crippen molar-refractivity contribution in [3.8, 4) is 0 Å². The fraction of sp³-hybridized carbons (Fsp3) is 0.414. The number of aryl methyl sites for hydroxylation is 2. The van der Waals surface area contributed by atoms with Gasteiger partial charge in [-0.25, -0.2) is 4.98 Å². The molecule has 2 aromatic carbocycles. The third-order valence-electron chi connectivity index (χ3n) is 6.94. The monoisotopic (exact) mass is 472 g/mol. The van der Waals surface area contributed by atoms with Gasteiger partial charge >= 0.3 is 0 Å². The van der Waals surface area contributed by atoms with E-state index in [9.17, 15) is 9.59 Å². The Morgan fingerprint density at radius 2 is 1.74 bits per heavy atom. The minimum absolute atomic E-state index is 0.0490. The number of aromatic nitrogens is 2. The van der Waals surface area contributed by atoms with Gasteiger partial charge in [0.25, 0.3) is 0 Å². The second-order valence-electron chi connectivity index (χ2n) is 9.71. The summed E-state index contributed by atoms with van der Waals surface area (Å²) in [5, 5.41) is 2.91. The first-order valence-electron chi connectivity index (χ1n) is 12.7. The molecular weight excluding hydrogens is 436 g/mol. The molecule has 0 aliphatic carbocycles. The van der Waals surface area contributed by atoms with Gasteiger partial charge < -0.3 is 14.8 Å². The largest absolute Gasteiger partial charge is 0.341 e. The lowest BCUT2D eigenvalue weighted by Crippen LogP contribution is -2.42. The maximum Gasteiger partial charge on any atom is 0.250 e. The van der Waals surface area contributed by atoms with Crippen molar-refractivity contribution in [3.63, 3.8) is 0 Å². The van der Waals surface area contributed by atoms with Crippen molar-refractivity contribution in [1.29, 1.82) is 0 Å². The predicted molar refractivity (Wildman–Crippen MR) is 139 cm³/mol. The van der Waals surface area contributed by atoms with E-state index in [-0.39, 0.29) is 11.8 Å². The van der Waals surface area contributed by atoms with Crippen LogP contribution in [-0.4, -0.2) is 39.4 Å². The molecule has 1 aliphatic rings. The van der Waals surface area contributed by atoms with E-state index in [4.69, 9.17) is 0 Å². The number of nitrogens with zero attached hydrogens (tertiary/aromatic N) is 3. The molecule has 4 rings (SSSR count). The van der Waals surface area contributed by atoms with Gasteiger partial charge in [-0.1, -0.05) is 61.5 Å². The topological polar surface area (TPSA) is 67.2 Å². The molecule has 0 bridgehead atoms. The van der Waals surface area contributed by atoms with Crippen molar-refractivity contribution >= 4 is 17.6 Å². The fourth-order valence-corrected chi connectivity index (χ4v) is 4.72. The molecule has 1 saturated heterocycles. The van der Waals surface area contributed by atoms with E-state index in [1.807, 2.05) is 58.9 Å². The quantitative estimate of drug-likeness (QED) is 0.425. The summed E-state index contributed by atoms with van der Waals surface area (Å²) in [7, 11) is 0. The van der Waals surface area contributed by atoms with Crippen molar-refractivity contribution in [2.75, 3.05) is 18.4 Å². The van der Waals surface area contributed by atoms with E-state index in [1.165, 1.54) is 5.56 Å². The van der Waals surface area contributed by atoms with Crippen LogP contribution in [0.2, 0.25) is 0 Å². The minimum atomic E-state index is -0.492. The maximum absolute atomic E-state index is 13.7. The second kappa shape index (κ2) is 11.8. The Labute approximate surface area is 208 Å². The van der Waals surface area contributed by atoms with Gasteiger partial charge in [0.1, 0.15) is 6.04 Å². The van der Waals surface area contributed by atoms with Gasteiger partial charge in [0, 0.05) is 25.7 Å². The van der Waals surface area contributed by atoms with Crippen LogP contribution in [-0.2, 0) is 16.0 Å². The molecule has 6 heteroatoms. The summed E-state index contributed by atoms with van der Waals surface area (Å²) >= 11 is 0. The number of unbranched alkanes of at least 4 members (excludes halogenated alkanes) is 1. The van der Waals surface area contributed by atoms with Crippen LogP contribution in [0.4, 0.5) is 5.82 Å². The van der Waals surface area contributed by atoms with Gasteiger partial charge in [-0.3, -0.25) is 9.59 Å². The molecule has 0 spiro atoms. The van der Waals surface area contributed by atoms with Gasteiger partial charge in [0.05, 0.1) is 6.33 Å². The summed E-state index contributed by atoms with van der Waals surface area (Å²) in [5.41, 5.74) is 3.32. The van der Waals surface area contributed by atoms with Crippen molar-refractivity contribution in [2.45, 2.75) is 58.4 Å². The Morgan fingerprint density at radius 3 is 2.49 bits per heavy atom. The number of amides is 2. The maximum atomic E-state index is 13.7. The molecule has 1 fully saturated rings. The van der Waals surface area contributed by atoms with Crippen LogP contribution in [0.15, 0.2) is 67.1 Å². The van der Waals surface area contributed by atoms with Crippen LogP contribution in [0.3, 0.4) is 0 Å². The van der Waals surface area contributed by atoms with E-state index in [0.29, 0.717) is 18.2 Å². The number of likely N-dealkylation sites (tertiary alicyclic amines) is 1. The Bertz CT molecular complexity index is 1120.